The van der Waals surface area contributed by atoms with Crippen LogP contribution in [0.1, 0.15) is 26.7 Å². The van der Waals surface area contributed by atoms with Crippen LogP contribution in [0.4, 0.5) is 0 Å². The highest BCUT2D eigenvalue weighted by Gasteiger charge is 2.16. The van der Waals surface area contributed by atoms with Crippen molar-refractivity contribution in [3.8, 4) is 0 Å². The van der Waals surface area contributed by atoms with Crippen molar-refractivity contribution in [1.82, 2.24) is 15.1 Å². The number of carbonyl (C=O) groups excluding carboxylic acids is 1. The van der Waals surface area contributed by atoms with Crippen molar-refractivity contribution in [3.63, 3.8) is 0 Å². The monoisotopic (exact) mass is 227 g/mol. The highest BCUT2D eigenvalue weighted by molar-refractivity contribution is 5.78. The van der Waals surface area contributed by atoms with Crippen molar-refractivity contribution in [2.75, 3.05) is 45.8 Å². The predicted molar refractivity (Wildman–Crippen MR) is 66.5 cm³/mol. The van der Waals surface area contributed by atoms with E-state index in [1.54, 1.807) is 0 Å². The van der Waals surface area contributed by atoms with Gasteiger partial charge in [-0.2, -0.15) is 0 Å². The van der Waals surface area contributed by atoms with Gasteiger partial charge in [0.25, 0.3) is 0 Å². The van der Waals surface area contributed by atoms with Crippen LogP contribution < -0.4 is 5.32 Å². The third-order valence-electron chi connectivity index (χ3n) is 3.23. The van der Waals surface area contributed by atoms with E-state index in [-0.39, 0.29) is 5.91 Å². The summed E-state index contributed by atoms with van der Waals surface area (Å²) >= 11 is 0. The SMILES string of the molecule is CCN(CC)CCNCC(=O)N1CCCC1. The summed E-state index contributed by atoms with van der Waals surface area (Å²) in [4.78, 5) is 16.0. The Kier molecular flexibility index (Phi) is 6.42. The molecule has 1 heterocycles. The van der Waals surface area contributed by atoms with Gasteiger partial charge >= 0.3 is 0 Å². The molecular weight excluding hydrogens is 202 g/mol. The van der Waals surface area contributed by atoms with Gasteiger partial charge in [0.05, 0.1) is 6.54 Å². The van der Waals surface area contributed by atoms with Gasteiger partial charge in [0, 0.05) is 26.2 Å². The molecule has 1 rings (SSSR count). The minimum Gasteiger partial charge on any atom is -0.342 e. The fourth-order valence-electron chi connectivity index (χ4n) is 2.05. The van der Waals surface area contributed by atoms with Gasteiger partial charge in [0.2, 0.25) is 5.91 Å². The number of likely N-dealkylation sites (tertiary alicyclic amines) is 1. The maximum atomic E-state index is 11.7. The second kappa shape index (κ2) is 7.63. The number of amides is 1. The molecule has 1 N–H and O–H groups in total. The van der Waals surface area contributed by atoms with Gasteiger partial charge in [-0.25, -0.2) is 0 Å². The molecular formula is C12H25N3O. The lowest BCUT2D eigenvalue weighted by Gasteiger charge is -2.19. The first-order valence-corrected chi connectivity index (χ1v) is 6.48. The lowest BCUT2D eigenvalue weighted by Crippen LogP contribution is -2.39. The van der Waals surface area contributed by atoms with Crippen LogP contribution in [0.25, 0.3) is 0 Å². The number of nitrogens with zero attached hydrogens (tertiary/aromatic N) is 2. The van der Waals surface area contributed by atoms with Gasteiger partial charge in [-0.05, 0) is 25.9 Å². The van der Waals surface area contributed by atoms with E-state index in [9.17, 15) is 4.79 Å². The lowest BCUT2D eigenvalue weighted by molar-refractivity contribution is -0.129. The predicted octanol–water partition coefficient (Wildman–Crippen LogP) is 0.540. The molecule has 0 spiro atoms. The Morgan fingerprint density at radius 1 is 1.25 bits per heavy atom. The molecule has 94 valence electrons. The molecule has 0 unspecified atom stereocenters. The maximum absolute atomic E-state index is 11.7. The first-order valence-electron chi connectivity index (χ1n) is 6.48. The molecule has 4 nitrogen and oxygen atoms in total. The average Bonchev–Trinajstić information content (AvgIpc) is 2.82. The van der Waals surface area contributed by atoms with E-state index in [1.807, 2.05) is 4.90 Å². The van der Waals surface area contributed by atoms with Crippen molar-refractivity contribution < 1.29 is 4.79 Å². The Balaban J connectivity index is 2.03. The van der Waals surface area contributed by atoms with E-state index >= 15 is 0 Å². The Labute approximate surface area is 99.0 Å². The summed E-state index contributed by atoms with van der Waals surface area (Å²) in [5.41, 5.74) is 0. The summed E-state index contributed by atoms with van der Waals surface area (Å²) in [6.07, 6.45) is 2.34. The largest absolute Gasteiger partial charge is 0.342 e. The first-order chi connectivity index (χ1) is 7.77. The van der Waals surface area contributed by atoms with Crippen LogP contribution >= 0.6 is 0 Å². The third-order valence-corrected chi connectivity index (χ3v) is 3.23. The summed E-state index contributed by atoms with van der Waals surface area (Å²) in [7, 11) is 0. The molecule has 1 aliphatic rings. The average molecular weight is 227 g/mol. The molecule has 0 radical (unpaired) electrons. The van der Waals surface area contributed by atoms with E-state index in [0.29, 0.717) is 6.54 Å². The standard InChI is InChI=1S/C12H25N3O/c1-3-14(4-2)10-7-13-11-12(16)15-8-5-6-9-15/h13H,3-11H2,1-2H3. The molecule has 1 amide bonds. The minimum atomic E-state index is 0.261. The Morgan fingerprint density at radius 2 is 1.88 bits per heavy atom. The zero-order valence-electron chi connectivity index (χ0n) is 10.7. The second-order valence-corrected chi connectivity index (χ2v) is 4.29. The molecule has 0 aliphatic carbocycles. The Hall–Kier alpha value is -0.610. The van der Waals surface area contributed by atoms with Gasteiger partial charge in [-0.3, -0.25) is 4.79 Å². The van der Waals surface area contributed by atoms with Crippen molar-refractivity contribution in [2.45, 2.75) is 26.7 Å². The number of carbonyl (C=O) groups is 1. The first kappa shape index (κ1) is 13.5. The molecule has 4 heteroatoms. The van der Waals surface area contributed by atoms with E-state index in [2.05, 4.69) is 24.1 Å². The molecule has 1 aliphatic heterocycles. The smallest absolute Gasteiger partial charge is 0.236 e. The second-order valence-electron chi connectivity index (χ2n) is 4.29. The minimum absolute atomic E-state index is 0.261. The highest BCUT2D eigenvalue weighted by atomic mass is 16.2. The molecule has 0 aromatic heterocycles. The fourth-order valence-corrected chi connectivity index (χ4v) is 2.05. The third kappa shape index (κ3) is 4.49. The Bertz CT molecular complexity index is 198. The van der Waals surface area contributed by atoms with Gasteiger partial charge in [-0.1, -0.05) is 13.8 Å². The van der Waals surface area contributed by atoms with Crippen LogP contribution in [-0.4, -0.2) is 61.5 Å². The fraction of sp³-hybridized carbons (Fsp3) is 0.917. The van der Waals surface area contributed by atoms with Gasteiger partial charge < -0.3 is 15.1 Å². The number of hydrogen-bond donors (Lipinski definition) is 1. The number of nitrogens with one attached hydrogen (secondary N) is 1. The summed E-state index contributed by atoms with van der Waals surface area (Å²) in [6.45, 7) is 10.8. The summed E-state index contributed by atoms with van der Waals surface area (Å²) < 4.78 is 0. The highest BCUT2D eigenvalue weighted by Crippen LogP contribution is 2.06. The van der Waals surface area contributed by atoms with E-state index < -0.39 is 0 Å². The number of hydrogen-bond acceptors (Lipinski definition) is 3. The topological polar surface area (TPSA) is 35.6 Å². The molecule has 1 saturated heterocycles. The molecule has 0 aromatic carbocycles. The van der Waals surface area contributed by atoms with Crippen LogP contribution in [0.3, 0.4) is 0 Å². The van der Waals surface area contributed by atoms with Crippen molar-refractivity contribution >= 4 is 5.91 Å². The van der Waals surface area contributed by atoms with Gasteiger partial charge in [-0.15, -0.1) is 0 Å². The van der Waals surface area contributed by atoms with Crippen LogP contribution in [0.2, 0.25) is 0 Å². The quantitative estimate of drug-likeness (QED) is 0.645. The molecule has 0 atom stereocenters. The van der Waals surface area contributed by atoms with Crippen LogP contribution in [0, 0.1) is 0 Å². The molecule has 0 bridgehead atoms. The summed E-state index contributed by atoms with van der Waals surface area (Å²) in [6, 6.07) is 0. The number of rotatable bonds is 7. The molecule has 1 fully saturated rings. The molecule has 0 aromatic rings. The van der Waals surface area contributed by atoms with E-state index in [0.717, 1.165) is 39.3 Å². The lowest BCUT2D eigenvalue weighted by atomic mass is 10.4. The molecule has 0 saturated carbocycles. The van der Waals surface area contributed by atoms with E-state index in [1.165, 1.54) is 12.8 Å². The van der Waals surface area contributed by atoms with Crippen LogP contribution in [0.5, 0.6) is 0 Å². The van der Waals surface area contributed by atoms with Crippen molar-refractivity contribution in [1.29, 1.82) is 0 Å². The zero-order chi connectivity index (χ0) is 11.8. The summed E-state index contributed by atoms with van der Waals surface area (Å²) in [5, 5.41) is 3.23. The summed E-state index contributed by atoms with van der Waals surface area (Å²) in [5.74, 6) is 0.261. The van der Waals surface area contributed by atoms with E-state index in [4.69, 9.17) is 0 Å². The van der Waals surface area contributed by atoms with Gasteiger partial charge in [0.15, 0.2) is 0 Å². The van der Waals surface area contributed by atoms with Crippen molar-refractivity contribution in [2.24, 2.45) is 0 Å². The van der Waals surface area contributed by atoms with Crippen molar-refractivity contribution in [3.05, 3.63) is 0 Å². The number of likely N-dealkylation sites (N-methyl/N-ethyl adjacent to an activating group) is 1. The van der Waals surface area contributed by atoms with Crippen LogP contribution in [-0.2, 0) is 4.79 Å². The normalized spacial score (nSPS) is 16.1. The van der Waals surface area contributed by atoms with Gasteiger partial charge in [0.1, 0.15) is 0 Å². The molecule has 16 heavy (non-hydrogen) atoms. The van der Waals surface area contributed by atoms with Crippen LogP contribution in [0.15, 0.2) is 0 Å². The zero-order valence-corrected chi connectivity index (χ0v) is 10.7. The Morgan fingerprint density at radius 3 is 2.44 bits per heavy atom. The maximum Gasteiger partial charge on any atom is 0.236 e.